The summed E-state index contributed by atoms with van der Waals surface area (Å²) in [5.74, 6) is -0.923. The number of methoxy groups -OCH3 is 2. The average molecular weight is 634 g/mol. The fourth-order valence-electron chi connectivity index (χ4n) is 3.29. The number of hydrogen-bond donors (Lipinski definition) is 2. The van der Waals surface area contributed by atoms with Gasteiger partial charge in [0.25, 0.3) is 10.0 Å². The molecule has 17 heteroatoms. The van der Waals surface area contributed by atoms with E-state index in [0.717, 1.165) is 49.1 Å². The van der Waals surface area contributed by atoms with Crippen LogP contribution < -0.4 is 20.1 Å². The third-order valence-corrected chi connectivity index (χ3v) is 8.93. The SMILES string of the molecule is COC(=O)CSc1cc(N=c2sc(=O)n3n2CCCC3)c(F)cc1Cl.COC(=O)NS(=O)(=O)c1ccc(N)cc1. The number of carbonyl (C=O) groups excluding carboxylic acids is 2. The van der Waals surface area contributed by atoms with Crippen molar-refractivity contribution in [3.63, 3.8) is 0 Å². The van der Waals surface area contributed by atoms with Crippen molar-refractivity contribution in [2.24, 2.45) is 4.99 Å². The first-order valence-electron chi connectivity index (χ1n) is 11.5. The molecule has 0 saturated heterocycles. The number of carbonyl (C=O) groups is 2. The maximum Gasteiger partial charge on any atom is 0.420 e. The fraction of sp³-hybridized carbons (Fsp3) is 0.304. The van der Waals surface area contributed by atoms with Gasteiger partial charge in [-0.3, -0.25) is 14.3 Å². The van der Waals surface area contributed by atoms with Gasteiger partial charge in [0.05, 0.1) is 29.9 Å². The van der Waals surface area contributed by atoms with Gasteiger partial charge in [-0.15, -0.1) is 11.8 Å². The molecule has 0 bridgehead atoms. The molecule has 3 N–H and O–H groups in total. The first kappa shape index (κ1) is 31.2. The summed E-state index contributed by atoms with van der Waals surface area (Å²) in [6.07, 6.45) is 0.860. The molecule has 1 amide bonds. The van der Waals surface area contributed by atoms with E-state index in [9.17, 15) is 27.2 Å². The molecule has 4 rings (SSSR count). The standard InChI is InChI=1S/C15H15ClFN3O3S2.C8H10N2O4S/c1-23-13(21)8-24-12-7-11(10(17)6-9(12)16)18-14-19-4-2-3-5-20(19)15(22)25-14;1-14-8(11)10-15(12,13)7-4-2-6(9)3-5-7/h6-7H,2-5,8H2,1H3;2-5H,9H2,1H3,(H,10,11). The molecular formula is C23H25ClFN5O7S3. The molecule has 0 unspecified atom stereocenters. The number of nitrogen functional groups attached to an aromatic ring is 1. The third-order valence-electron chi connectivity index (χ3n) is 5.28. The highest BCUT2D eigenvalue weighted by molar-refractivity contribution is 8.00. The summed E-state index contributed by atoms with van der Waals surface area (Å²) < 4.78 is 51.1. The molecule has 0 aliphatic carbocycles. The van der Waals surface area contributed by atoms with Crippen LogP contribution in [-0.2, 0) is 37.4 Å². The van der Waals surface area contributed by atoms with Crippen molar-refractivity contribution >= 4 is 68.2 Å². The number of esters is 1. The molecule has 0 fully saturated rings. The third kappa shape index (κ3) is 8.09. The van der Waals surface area contributed by atoms with E-state index in [1.807, 2.05) is 0 Å². The van der Waals surface area contributed by atoms with Crippen LogP contribution in [0.3, 0.4) is 0 Å². The quantitative estimate of drug-likeness (QED) is 0.236. The highest BCUT2D eigenvalue weighted by Crippen LogP contribution is 2.33. The number of hydrogen-bond acceptors (Lipinski definition) is 11. The highest BCUT2D eigenvalue weighted by Gasteiger charge is 2.17. The maximum atomic E-state index is 14.3. The number of sulfonamides is 1. The van der Waals surface area contributed by atoms with Gasteiger partial charge in [0, 0.05) is 23.7 Å². The summed E-state index contributed by atoms with van der Waals surface area (Å²) >= 11 is 8.17. The molecule has 216 valence electrons. The van der Waals surface area contributed by atoms with E-state index in [4.69, 9.17) is 17.3 Å². The van der Waals surface area contributed by atoms with Crippen LogP contribution >= 0.6 is 34.7 Å². The van der Waals surface area contributed by atoms with Crippen LogP contribution in [0.2, 0.25) is 5.02 Å². The van der Waals surface area contributed by atoms with Gasteiger partial charge in [-0.2, -0.15) is 0 Å². The summed E-state index contributed by atoms with van der Waals surface area (Å²) in [6, 6.07) is 8.07. The first-order chi connectivity index (χ1) is 18.9. The minimum atomic E-state index is -3.87. The van der Waals surface area contributed by atoms with Crippen LogP contribution in [-0.4, -0.2) is 49.8 Å². The van der Waals surface area contributed by atoms with Crippen LogP contribution in [0.5, 0.6) is 0 Å². The second kappa shape index (κ2) is 13.8. The fourth-order valence-corrected chi connectivity index (χ4v) is 6.19. The zero-order chi connectivity index (χ0) is 29.4. The van der Waals surface area contributed by atoms with Crippen molar-refractivity contribution in [3.8, 4) is 0 Å². The van der Waals surface area contributed by atoms with Crippen LogP contribution in [0.25, 0.3) is 0 Å². The molecule has 0 radical (unpaired) electrons. The Morgan fingerprint density at radius 3 is 2.42 bits per heavy atom. The van der Waals surface area contributed by atoms with E-state index in [-0.39, 0.29) is 26.2 Å². The lowest BCUT2D eigenvalue weighted by molar-refractivity contribution is -0.137. The Labute approximate surface area is 241 Å². The molecule has 0 atom stereocenters. The minimum absolute atomic E-state index is 0.0536. The maximum absolute atomic E-state index is 14.3. The number of amides is 1. The molecule has 2 aromatic carbocycles. The van der Waals surface area contributed by atoms with E-state index in [0.29, 0.717) is 28.5 Å². The van der Waals surface area contributed by atoms with Gasteiger partial charge in [0.15, 0.2) is 0 Å². The number of benzene rings is 2. The van der Waals surface area contributed by atoms with Gasteiger partial charge in [-0.25, -0.2) is 32.0 Å². The second-order valence-electron chi connectivity index (χ2n) is 7.98. The number of rotatable bonds is 6. The van der Waals surface area contributed by atoms with E-state index in [1.165, 1.54) is 37.4 Å². The Balaban J connectivity index is 0.000000252. The molecule has 40 heavy (non-hydrogen) atoms. The number of thioether (sulfide) groups is 1. The number of aromatic nitrogens is 2. The number of ether oxygens (including phenoxy) is 2. The minimum Gasteiger partial charge on any atom is -0.468 e. The lowest BCUT2D eigenvalue weighted by Crippen LogP contribution is -2.31. The monoisotopic (exact) mass is 633 g/mol. The molecule has 0 spiro atoms. The van der Waals surface area contributed by atoms with Gasteiger partial charge < -0.3 is 15.2 Å². The Kier molecular flexibility index (Phi) is 10.8. The molecular weight excluding hydrogens is 609 g/mol. The van der Waals surface area contributed by atoms with Gasteiger partial charge in [0.1, 0.15) is 11.5 Å². The van der Waals surface area contributed by atoms with Crippen molar-refractivity contribution in [2.45, 2.75) is 35.7 Å². The Hall–Kier alpha value is -3.34. The van der Waals surface area contributed by atoms with Gasteiger partial charge in [0.2, 0.25) is 4.80 Å². The smallest absolute Gasteiger partial charge is 0.420 e. The normalized spacial score (nSPS) is 13.1. The Morgan fingerprint density at radius 1 is 1.15 bits per heavy atom. The van der Waals surface area contributed by atoms with Crippen LogP contribution in [0, 0.1) is 5.82 Å². The number of nitrogens with two attached hydrogens (primary N) is 1. The number of halogens is 2. The largest absolute Gasteiger partial charge is 0.468 e. The lowest BCUT2D eigenvalue weighted by Gasteiger charge is -2.15. The molecule has 1 aliphatic rings. The Bertz CT molecular complexity index is 1620. The van der Waals surface area contributed by atoms with Crippen molar-refractivity contribution in [2.75, 3.05) is 25.7 Å². The second-order valence-corrected chi connectivity index (χ2v) is 12.0. The number of anilines is 1. The molecule has 1 aromatic heterocycles. The lowest BCUT2D eigenvalue weighted by atomic mass is 10.3. The van der Waals surface area contributed by atoms with E-state index >= 15 is 0 Å². The van der Waals surface area contributed by atoms with Crippen molar-refractivity contribution in [1.29, 1.82) is 0 Å². The highest BCUT2D eigenvalue weighted by atomic mass is 35.5. The Morgan fingerprint density at radius 2 is 1.80 bits per heavy atom. The summed E-state index contributed by atoms with van der Waals surface area (Å²) in [4.78, 5) is 39.2. The van der Waals surface area contributed by atoms with Crippen LogP contribution in [0.15, 0.2) is 56.0 Å². The van der Waals surface area contributed by atoms with Crippen molar-refractivity contribution in [1.82, 2.24) is 14.1 Å². The van der Waals surface area contributed by atoms with Gasteiger partial charge in [-0.05, 0) is 60.6 Å². The summed E-state index contributed by atoms with van der Waals surface area (Å²) in [7, 11) is -1.49. The zero-order valence-corrected chi connectivity index (χ0v) is 24.5. The van der Waals surface area contributed by atoms with Crippen molar-refractivity contribution < 1.29 is 31.9 Å². The number of nitrogens with zero attached hydrogens (tertiary/aromatic N) is 3. The van der Waals surface area contributed by atoms with E-state index in [2.05, 4.69) is 14.5 Å². The number of nitrogens with one attached hydrogen (secondary N) is 1. The predicted octanol–water partition coefficient (Wildman–Crippen LogP) is 3.11. The van der Waals surface area contributed by atoms with Crippen molar-refractivity contribution in [3.05, 3.63) is 61.7 Å². The molecule has 12 nitrogen and oxygen atoms in total. The van der Waals surface area contributed by atoms with Gasteiger partial charge >= 0.3 is 16.9 Å². The zero-order valence-electron chi connectivity index (χ0n) is 21.3. The summed E-state index contributed by atoms with van der Waals surface area (Å²) in [6.45, 7) is 1.32. The predicted molar refractivity (Wildman–Crippen MR) is 149 cm³/mol. The molecule has 2 heterocycles. The van der Waals surface area contributed by atoms with Gasteiger partial charge in [-0.1, -0.05) is 11.6 Å². The molecule has 3 aromatic rings. The van der Waals surface area contributed by atoms with Crippen LogP contribution in [0.1, 0.15) is 12.8 Å². The number of fused-ring (bicyclic) bond motifs is 1. The topological polar surface area (TPSA) is 164 Å². The van der Waals surface area contributed by atoms with E-state index in [1.54, 1.807) is 14.1 Å². The summed E-state index contributed by atoms with van der Waals surface area (Å²) in [5.41, 5.74) is 5.91. The average Bonchev–Trinajstić information content (AvgIpc) is 3.24. The van der Waals surface area contributed by atoms with Crippen LogP contribution in [0.4, 0.5) is 20.6 Å². The summed E-state index contributed by atoms with van der Waals surface area (Å²) in [5, 5.41) is 0.199. The molecule has 1 aliphatic heterocycles. The van der Waals surface area contributed by atoms with E-state index < -0.39 is 27.9 Å². The molecule has 0 saturated carbocycles. The first-order valence-corrected chi connectivity index (χ1v) is 15.1.